The molecule has 0 saturated heterocycles. The van der Waals surface area contributed by atoms with E-state index in [0.29, 0.717) is 0 Å². The molecule has 0 spiro atoms. The molecule has 1 unspecified atom stereocenters. The van der Waals surface area contributed by atoms with E-state index >= 15 is 0 Å². The van der Waals surface area contributed by atoms with Gasteiger partial charge < -0.3 is 20.5 Å². The summed E-state index contributed by atoms with van der Waals surface area (Å²) >= 11 is 0. The molecule has 1 atom stereocenters. The molecule has 0 radical (unpaired) electrons. The van der Waals surface area contributed by atoms with Gasteiger partial charge in [-0.3, -0.25) is 9.59 Å². The highest BCUT2D eigenvalue weighted by atomic mass is 19.4. The van der Waals surface area contributed by atoms with Crippen LogP contribution in [0.1, 0.15) is 17.2 Å². The summed E-state index contributed by atoms with van der Waals surface area (Å²) in [6, 6.07) is 3.88. The molecule has 1 rings (SSSR count). The summed E-state index contributed by atoms with van der Waals surface area (Å²) in [6.45, 7) is 0.0965. The number of hydrogen-bond acceptors (Lipinski definition) is 4. The molecular formula is C14H17F3N2O4. The molecule has 128 valence electrons. The van der Waals surface area contributed by atoms with Crippen molar-refractivity contribution in [1.82, 2.24) is 10.6 Å². The van der Waals surface area contributed by atoms with Crippen LogP contribution < -0.4 is 10.6 Å². The zero-order chi connectivity index (χ0) is 17.5. The number of nitrogens with one attached hydrogen (secondary N) is 2. The first-order valence-corrected chi connectivity index (χ1v) is 6.66. The van der Waals surface area contributed by atoms with E-state index in [9.17, 15) is 27.9 Å². The number of methoxy groups -OCH3 is 1. The average molecular weight is 334 g/mol. The average Bonchev–Trinajstić information content (AvgIpc) is 2.51. The first-order chi connectivity index (χ1) is 10.8. The van der Waals surface area contributed by atoms with Crippen molar-refractivity contribution >= 4 is 11.8 Å². The Morgan fingerprint density at radius 1 is 1.17 bits per heavy atom. The maximum absolute atomic E-state index is 12.4. The topological polar surface area (TPSA) is 87.7 Å². The number of alkyl halides is 3. The Bertz CT molecular complexity index is 532. The minimum Gasteiger partial charge on any atom is -0.387 e. The molecule has 2 amide bonds. The van der Waals surface area contributed by atoms with Crippen molar-refractivity contribution in [3.8, 4) is 0 Å². The highest BCUT2D eigenvalue weighted by Crippen LogP contribution is 2.29. The van der Waals surface area contributed by atoms with Gasteiger partial charge in [0, 0.05) is 20.2 Å². The Labute approximate surface area is 130 Å². The standard InChI is InChI=1S/C14H17F3N2O4/c1-23-7-6-18-12(21)13(22)19-8-11(20)9-2-4-10(5-3-9)14(15,16)17/h2-5,11,20H,6-8H2,1H3,(H,18,21)(H,19,22). The van der Waals surface area contributed by atoms with Crippen LogP contribution in [0.5, 0.6) is 0 Å². The van der Waals surface area contributed by atoms with Crippen LogP contribution in [-0.2, 0) is 20.5 Å². The van der Waals surface area contributed by atoms with Crippen LogP contribution in [-0.4, -0.2) is 43.7 Å². The molecule has 3 N–H and O–H groups in total. The Morgan fingerprint density at radius 3 is 2.26 bits per heavy atom. The SMILES string of the molecule is COCCNC(=O)C(=O)NCC(O)c1ccc(C(F)(F)F)cc1. The summed E-state index contributed by atoms with van der Waals surface area (Å²) in [5.74, 6) is -1.84. The third kappa shape index (κ3) is 6.25. The lowest BCUT2D eigenvalue weighted by atomic mass is 10.1. The third-order valence-electron chi connectivity index (χ3n) is 2.88. The smallest absolute Gasteiger partial charge is 0.387 e. The van der Waals surface area contributed by atoms with Crippen molar-refractivity contribution in [1.29, 1.82) is 0 Å². The number of rotatable bonds is 6. The lowest BCUT2D eigenvalue weighted by Gasteiger charge is -2.13. The quantitative estimate of drug-likeness (QED) is 0.526. The van der Waals surface area contributed by atoms with Gasteiger partial charge in [0.05, 0.1) is 18.3 Å². The molecule has 1 aromatic rings. The maximum atomic E-state index is 12.4. The molecule has 0 aliphatic heterocycles. The van der Waals surface area contributed by atoms with Crippen molar-refractivity contribution in [2.45, 2.75) is 12.3 Å². The van der Waals surface area contributed by atoms with Crippen LogP contribution in [0, 0.1) is 0 Å². The fraction of sp³-hybridized carbons (Fsp3) is 0.429. The Kier molecular flexibility index (Phi) is 6.98. The lowest BCUT2D eigenvalue weighted by molar-refractivity contribution is -0.139. The molecule has 9 heteroatoms. The molecule has 6 nitrogen and oxygen atoms in total. The second-order valence-electron chi connectivity index (χ2n) is 4.59. The van der Waals surface area contributed by atoms with Gasteiger partial charge in [-0.25, -0.2) is 0 Å². The second kappa shape index (κ2) is 8.49. The second-order valence-corrected chi connectivity index (χ2v) is 4.59. The van der Waals surface area contributed by atoms with Gasteiger partial charge in [0.1, 0.15) is 0 Å². The normalized spacial score (nSPS) is 12.6. The molecule has 0 aromatic heterocycles. The van der Waals surface area contributed by atoms with Crippen molar-refractivity contribution in [3.63, 3.8) is 0 Å². The predicted molar refractivity (Wildman–Crippen MR) is 74.3 cm³/mol. The molecule has 23 heavy (non-hydrogen) atoms. The molecular weight excluding hydrogens is 317 g/mol. The molecule has 0 saturated carbocycles. The van der Waals surface area contributed by atoms with E-state index in [-0.39, 0.29) is 25.3 Å². The van der Waals surface area contributed by atoms with Gasteiger partial charge in [-0.2, -0.15) is 13.2 Å². The Morgan fingerprint density at radius 2 is 1.74 bits per heavy atom. The number of aliphatic hydroxyl groups excluding tert-OH is 1. The summed E-state index contributed by atoms with van der Waals surface area (Å²) in [7, 11) is 1.44. The summed E-state index contributed by atoms with van der Waals surface area (Å²) < 4.78 is 41.9. The molecule has 0 aliphatic rings. The maximum Gasteiger partial charge on any atom is 0.416 e. The number of ether oxygens (including phenoxy) is 1. The van der Waals surface area contributed by atoms with Crippen molar-refractivity contribution < 1.29 is 32.6 Å². The van der Waals surface area contributed by atoms with Crippen LogP contribution >= 0.6 is 0 Å². The minimum atomic E-state index is -4.46. The number of carbonyl (C=O) groups is 2. The Hall–Kier alpha value is -2.13. The van der Waals surface area contributed by atoms with Crippen LogP contribution in [0.15, 0.2) is 24.3 Å². The minimum absolute atomic E-state index is 0.157. The number of carbonyl (C=O) groups excluding carboxylic acids is 2. The van der Waals surface area contributed by atoms with E-state index < -0.39 is 29.7 Å². The molecule has 0 bridgehead atoms. The number of halogens is 3. The monoisotopic (exact) mass is 334 g/mol. The molecule has 0 heterocycles. The van der Waals surface area contributed by atoms with E-state index in [0.717, 1.165) is 24.3 Å². The largest absolute Gasteiger partial charge is 0.416 e. The van der Waals surface area contributed by atoms with Crippen LogP contribution in [0.4, 0.5) is 13.2 Å². The van der Waals surface area contributed by atoms with E-state index in [1.165, 1.54) is 7.11 Å². The zero-order valence-corrected chi connectivity index (χ0v) is 12.3. The van der Waals surface area contributed by atoms with Gasteiger partial charge in [0.25, 0.3) is 0 Å². The number of hydrogen-bond donors (Lipinski definition) is 3. The predicted octanol–water partition coefficient (Wildman–Crippen LogP) is 0.618. The van der Waals surface area contributed by atoms with E-state index in [1.54, 1.807) is 0 Å². The summed E-state index contributed by atoms with van der Waals surface area (Å²) in [5.41, 5.74) is -0.645. The summed E-state index contributed by atoms with van der Waals surface area (Å²) in [4.78, 5) is 22.8. The fourth-order valence-corrected chi connectivity index (χ4v) is 1.63. The van der Waals surface area contributed by atoms with Gasteiger partial charge >= 0.3 is 18.0 Å². The number of aliphatic hydroxyl groups is 1. The van der Waals surface area contributed by atoms with Crippen LogP contribution in [0.3, 0.4) is 0 Å². The van der Waals surface area contributed by atoms with Crippen molar-refractivity contribution in [3.05, 3.63) is 35.4 Å². The molecule has 1 aromatic carbocycles. The van der Waals surface area contributed by atoms with Gasteiger partial charge in [-0.1, -0.05) is 12.1 Å². The first-order valence-electron chi connectivity index (χ1n) is 6.66. The van der Waals surface area contributed by atoms with E-state index in [4.69, 9.17) is 4.74 Å². The van der Waals surface area contributed by atoms with Crippen molar-refractivity contribution in [2.24, 2.45) is 0 Å². The van der Waals surface area contributed by atoms with E-state index in [1.807, 2.05) is 0 Å². The molecule has 0 aliphatic carbocycles. The Balaban J connectivity index is 2.48. The van der Waals surface area contributed by atoms with Gasteiger partial charge in [-0.05, 0) is 17.7 Å². The van der Waals surface area contributed by atoms with Crippen LogP contribution in [0.25, 0.3) is 0 Å². The zero-order valence-electron chi connectivity index (χ0n) is 12.3. The van der Waals surface area contributed by atoms with Gasteiger partial charge in [-0.15, -0.1) is 0 Å². The van der Waals surface area contributed by atoms with Gasteiger partial charge in [0.2, 0.25) is 0 Å². The number of amides is 2. The number of benzene rings is 1. The van der Waals surface area contributed by atoms with E-state index in [2.05, 4.69) is 10.6 Å². The summed E-state index contributed by atoms with van der Waals surface area (Å²) in [5, 5.41) is 14.3. The summed E-state index contributed by atoms with van der Waals surface area (Å²) in [6.07, 6.45) is -5.69. The molecule has 0 fully saturated rings. The highest BCUT2D eigenvalue weighted by Gasteiger charge is 2.30. The van der Waals surface area contributed by atoms with Crippen LogP contribution in [0.2, 0.25) is 0 Å². The van der Waals surface area contributed by atoms with Crippen molar-refractivity contribution in [2.75, 3.05) is 26.8 Å². The lowest BCUT2D eigenvalue weighted by Crippen LogP contribution is -2.42. The first kappa shape index (κ1) is 18.9. The third-order valence-corrected chi connectivity index (χ3v) is 2.88. The fourth-order valence-electron chi connectivity index (χ4n) is 1.63. The van der Waals surface area contributed by atoms with Gasteiger partial charge in [0.15, 0.2) is 0 Å². The highest BCUT2D eigenvalue weighted by molar-refractivity contribution is 6.35.